The molecule has 2 fully saturated rings. The molecule has 0 aliphatic carbocycles. The Kier molecular flexibility index (Phi) is 11.0. The Labute approximate surface area is 204 Å². The molecule has 0 aromatic heterocycles. The summed E-state index contributed by atoms with van der Waals surface area (Å²) in [5.74, 6) is 0.947. The molecule has 174 valence electrons. The number of carbonyl (C=O) groups excluding carboxylic acids is 1. The van der Waals surface area contributed by atoms with Crippen molar-refractivity contribution in [3.05, 3.63) is 35.9 Å². The summed E-state index contributed by atoms with van der Waals surface area (Å²) in [4.78, 5) is 21.6. The van der Waals surface area contributed by atoms with Gasteiger partial charge in [0.1, 0.15) is 0 Å². The first-order valence-electron chi connectivity index (χ1n) is 11.3. The second-order valence-corrected chi connectivity index (χ2v) is 8.20. The van der Waals surface area contributed by atoms with Crippen molar-refractivity contribution in [2.24, 2.45) is 4.99 Å². The molecule has 2 saturated heterocycles. The number of likely N-dealkylation sites (tertiary alicyclic amines) is 1. The Morgan fingerprint density at radius 1 is 1.26 bits per heavy atom. The maximum absolute atomic E-state index is 12.1. The molecule has 0 radical (unpaired) electrons. The maximum Gasteiger partial charge on any atom is 0.222 e. The zero-order valence-electron chi connectivity index (χ0n) is 19.0. The molecule has 0 spiro atoms. The minimum atomic E-state index is 0. The predicted octanol–water partition coefficient (Wildman–Crippen LogP) is 2.46. The number of carbonyl (C=O) groups is 1. The van der Waals surface area contributed by atoms with Crippen molar-refractivity contribution in [1.29, 1.82) is 0 Å². The van der Waals surface area contributed by atoms with Crippen LogP contribution in [0.4, 0.5) is 0 Å². The van der Waals surface area contributed by atoms with Crippen molar-refractivity contribution in [2.45, 2.75) is 58.3 Å². The fraction of sp³-hybridized carbons (Fsp3) is 0.652. The molecule has 7 nitrogen and oxygen atoms in total. The van der Waals surface area contributed by atoms with Crippen LogP contribution in [0.1, 0.15) is 39.2 Å². The number of halogens is 1. The van der Waals surface area contributed by atoms with E-state index < -0.39 is 0 Å². The Balaban J connectivity index is 0.00000341. The second-order valence-electron chi connectivity index (χ2n) is 8.20. The number of aliphatic imine (C=N–C) groups is 1. The van der Waals surface area contributed by atoms with Gasteiger partial charge in [-0.3, -0.25) is 14.7 Å². The van der Waals surface area contributed by atoms with Crippen molar-refractivity contribution in [3.8, 4) is 0 Å². The minimum absolute atomic E-state index is 0. The van der Waals surface area contributed by atoms with E-state index in [1.54, 1.807) is 0 Å². The van der Waals surface area contributed by atoms with E-state index >= 15 is 0 Å². The van der Waals surface area contributed by atoms with Crippen molar-refractivity contribution in [3.63, 3.8) is 0 Å². The van der Waals surface area contributed by atoms with E-state index in [0.29, 0.717) is 19.0 Å². The number of hydrogen-bond donors (Lipinski definition) is 2. The summed E-state index contributed by atoms with van der Waals surface area (Å²) in [6, 6.07) is 11.2. The summed E-state index contributed by atoms with van der Waals surface area (Å²) in [7, 11) is 0. The zero-order valence-corrected chi connectivity index (χ0v) is 21.4. The fourth-order valence-electron chi connectivity index (χ4n) is 4.08. The molecule has 1 aromatic carbocycles. The van der Waals surface area contributed by atoms with Crippen molar-refractivity contribution in [1.82, 2.24) is 20.4 Å². The van der Waals surface area contributed by atoms with Crippen LogP contribution in [-0.4, -0.2) is 79.2 Å². The fourth-order valence-corrected chi connectivity index (χ4v) is 4.08. The van der Waals surface area contributed by atoms with Crippen LogP contribution in [0.5, 0.6) is 0 Å². The van der Waals surface area contributed by atoms with Gasteiger partial charge < -0.3 is 20.3 Å². The number of ether oxygens (including phenoxy) is 1. The number of nitrogens with one attached hydrogen (secondary N) is 2. The van der Waals surface area contributed by atoms with Gasteiger partial charge >= 0.3 is 0 Å². The lowest BCUT2D eigenvalue weighted by molar-refractivity contribution is -0.121. The van der Waals surface area contributed by atoms with Gasteiger partial charge in [-0.05, 0) is 25.8 Å². The molecular formula is C23H38IN5O2. The van der Waals surface area contributed by atoms with Crippen molar-refractivity contribution < 1.29 is 9.53 Å². The highest BCUT2D eigenvalue weighted by molar-refractivity contribution is 14.0. The molecular weight excluding hydrogens is 505 g/mol. The van der Waals surface area contributed by atoms with Gasteiger partial charge in [-0.1, -0.05) is 37.3 Å². The number of guanidine groups is 1. The number of fused-ring (bicyclic) bond motifs is 1. The van der Waals surface area contributed by atoms with E-state index in [0.717, 1.165) is 51.7 Å². The smallest absolute Gasteiger partial charge is 0.222 e. The number of benzene rings is 1. The van der Waals surface area contributed by atoms with Gasteiger partial charge in [0, 0.05) is 45.2 Å². The van der Waals surface area contributed by atoms with Gasteiger partial charge in [0.05, 0.1) is 25.3 Å². The largest absolute Gasteiger partial charge is 0.373 e. The highest BCUT2D eigenvalue weighted by Crippen LogP contribution is 2.24. The van der Waals surface area contributed by atoms with Crippen LogP contribution in [0, 0.1) is 0 Å². The quantitative estimate of drug-likeness (QED) is 0.300. The molecule has 8 heteroatoms. The van der Waals surface area contributed by atoms with E-state index in [1.165, 1.54) is 5.56 Å². The third kappa shape index (κ3) is 7.61. The van der Waals surface area contributed by atoms with Crippen molar-refractivity contribution >= 4 is 35.8 Å². The summed E-state index contributed by atoms with van der Waals surface area (Å²) in [5.41, 5.74) is 1.34. The molecule has 2 N–H and O–H groups in total. The standard InChI is InChI=1S/C23H37N5O2.HI/c1-4-18(3)26-22(29)11-12-25-23(24-5-2)28-16-20-21(17-28)30-14-13-27(20)15-19-9-7-6-8-10-19;/h6-10,18,20-21H,4-5,11-17H2,1-3H3,(H,24,25)(H,26,29);1H. The van der Waals surface area contributed by atoms with Gasteiger partial charge in [0.2, 0.25) is 5.91 Å². The number of rotatable bonds is 8. The highest BCUT2D eigenvalue weighted by Gasteiger charge is 2.41. The Hall–Kier alpha value is -1.39. The van der Waals surface area contributed by atoms with Gasteiger partial charge in [-0.2, -0.15) is 0 Å². The first-order chi connectivity index (χ1) is 14.6. The molecule has 1 amide bonds. The molecule has 0 saturated carbocycles. The normalized spacial score (nSPS) is 22.4. The first-order valence-corrected chi connectivity index (χ1v) is 11.3. The van der Waals surface area contributed by atoms with Crippen LogP contribution in [0.3, 0.4) is 0 Å². The van der Waals surface area contributed by atoms with E-state index in [1.807, 2.05) is 6.92 Å². The maximum atomic E-state index is 12.1. The summed E-state index contributed by atoms with van der Waals surface area (Å²) >= 11 is 0. The number of hydrogen-bond acceptors (Lipinski definition) is 4. The average Bonchev–Trinajstić information content (AvgIpc) is 3.19. The molecule has 3 rings (SSSR count). The SMILES string of the molecule is CCNC(=NCCC(=O)NC(C)CC)N1CC2OCCN(Cc3ccccc3)C2C1.I. The Bertz CT molecular complexity index is 702. The lowest BCUT2D eigenvalue weighted by Gasteiger charge is -2.36. The third-order valence-corrected chi connectivity index (χ3v) is 5.90. The van der Waals surface area contributed by atoms with Crippen LogP contribution in [-0.2, 0) is 16.1 Å². The van der Waals surface area contributed by atoms with E-state index in [-0.39, 0.29) is 42.0 Å². The van der Waals surface area contributed by atoms with Crippen LogP contribution in [0.25, 0.3) is 0 Å². The summed E-state index contributed by atoms with van der Waals surface area (Å²) in [6.07, 6.45) is 1.55. The predicted molar refractivity (Wildman–Crippen MR) is 136 cm³/mol. The van der Waals surface area contributed by atoms with Crippen LogP contribution < -0.4 is 10.6 Å². The number of amides is 1. The van der Waals surface area contributed by atoms with Crippen molar-refractivity contribution in [2.75, 3.05) is 39.3 Å². The second kappa shape index (κ2) is 13.2. The van der Waals surface area contributed by atoms with E-state index in [4.69, 9.17) is 9.73 Å². The Morgan fingerprint density at radius 2 is 2.03 bits per heavy atom. The minimum Gasteiger partial charge on any atom is -0.373 e. The monoisotopic (exact) mass is 543 g/mol. The molecule has 2 aliphatic rings. The number of morpholine rings is 1. The van der Waals surface area contributed by atoms with E-state index in [9.17, 15) is 4.79 Å². The molecule has 0 bridgehead atoms. The Morgan fingerprint density at radius 3 is 2.74 bits per heavy atom. The molecule has 3 unspecified atom stereocenters. The van der Waals surface area contributed by atoms with E-state index in [2.05, 4.69) is 64.6 Å². The summed E-state index contributed by atoms with van der Waals surface area (Å²) in [6.45, 7) is 11.9. The average molecular weight is 543 g/mol. The van der Waals surface area contributed by atoms with Gasteiger partial charge in [-0.15, -0.1) is 24.0 Å². The van der Waals surface area contributed by atoms with Crippen LogP contribution >= 0.6 is 24.0 Å². The van der Waals surface area contributed by atoms with Gasteiger partial charge in [0.25, 0.3) is 0 Å². The third-order valence-electron chi connectivity index (χ3n) is 5.90. The molecule has 1 aromatic rings. The van der Waals surface area contributed by atoms with Gasteiger partial charge in [0.15, 0.2) is 5.96 Å². The number of nitrogens with zero attached hydrogens (tertiary/aromatic N) is 3. The zero-order chi connectivity index (χ0) is 21.3. The van der Waals surface area contributed by atoms with Crippen LogP contribution in [0.15, 0.2) is 35.3 Å². The molecule has 3 atom stereocenters. The van der Waals surface area contributed by atoms with Gasteiger partial charge in [-0.25, -0.2) is 0 Å². The summed E-state index contributed by atoms with van der Waals surface area (Å²) < 4.78 is 6.10. The lowest BCUT2D eigenvalue weighted by Crippen LogP contribution is -2.50. The molecule has 31 heavy (non-hydrogen) atoms. The molecule has 2 aliphatic heterocycles. The first kappa shape index (κ1) is 25.9. The topological polar surface area (TPSA) is 69.2 Å². The summed E-state index contributed by atoms with van der Waals surface area (Å²) in [5, 5.41) is 6.40. The highest BCUT2D eigenvalue weighted by atomic mass is 127. The molecule has 2 heterocycles. The lowest BCUT2D eigenvalue weighted by atomic mass is 10.1. The van der Waals surface area contributed by atoms with Crippen LogP contribution in [0.2, 0.25) is 0 Å².